The van der Waals surface area contributed by atoms with Crippen LogP contribution in [-0.4, -0.2) is 62.7 Å². The molecule has 0 spiro atoms. The number of piperidine rings is 1. The number of hydrogen-bond acceptors (Lipinski definition) is 6. The Morgan fingerprint density at radius 2 is 1.83 bits per heavy atom. The van der Waals surface area contributed by atoms with Crippen molar-refractivity contribution in [2.75, 3.05) is 37.3 Å². The lowest BCUT2D eigenvalue weighted by Crippen LogP contribution is -2.38. The van der Waals surface area contributed by atoms with Gasteiger partial charge in [0, 0.05) is 32.4 Å². The Labute approximate surface area is 142 Å². The molecule has 132 valence electrons. The summed E-state index contributed by atoms with van der Waals surface area (Å²) in [6.07, 6.45) is 5.88. The van der Waals surface area contributed by atoms with E-state index in [1.807, 2.05) is 17.0 Å². The largest absolute Gasteiger partial charge is 0.356 e. The Balaban J connectivity index is 1.57. The number of rotatable bonds is 4. The van der Waals surface area contributed by atoms with E-state index in [1.54, 1.807) is 6.20 Å². The minimum Gasteiger partial charge on any atom is -0.356 e. The third-order valence-corrected chi connectivity index (χ3v) is 5.09. The molecule has 3 heterocycles. The van der Waals surface area contributed by atoms with E-state index in [1.165, 1.54) is 0 Å². The number of nitrogens with zero attached hydrogens (tertiary/aromatic N) is 3. The first-order valence-electron chi connectivity index (χ1n) is 8.31. The van der Waals surface area contributed by atoms with Gasteiger partial charge in [-0.25, -0.2) is 4.98 Å². The molecule has 24 heavy (non-hydrogen) atoms. The highest BCUT2D eigenvalue weighted by molar-refractivity contribution is 7.86. The predicted molar refractivity (Wildman–Crippen MR) is 90.5 cm³/mol. The van der Waals surface area contributed by atoms with E-state index in [2.05, 4.69) is 9.88 Å². The summed E-state index contributed by atoms with van der Waals surface area (Å²) in [7, 11) is -3.41. The summed E-state index contributed by atoms with van der Waals surface area (Å²) in [4.78, 5) is 20.7. The van der Waals surface area contributed by atoms with Gasteiger partial charge in [0.25, 0.3) is 16.0 Å². The van der Waals surface area contributed by atoms with Gasteiger partial charge in [0.05, 0.1) is 17.9 Å². The van der Waals surface area contributed by atoms with Crippen molar-refractivity contribution >= 4 is 21.8 Å². The van der Waals surface area contributed by atoms with Crippen LogP contribution in [0.5, 0.6) is 0 Å². The second-order valence-electron chi connectivity index (χ2n) is 6.39. The van der Waals surface area contributed by atoms with Gasteiger partial charge in [0.2, 0.25) is 0 Å². The van der Waals surface area contributed by atoms with Crippen LogP contribution in [0.25, 0.3) is 0 Å². The molecule has 0 radical (unpaired) electrons. The lowest BCUT2D eigenvalue weighted by Gasteiger charge is -2.32. The Bertz CT molecular complexity index is 676. The van der Waals surface area contributed by atoms with E-state index in [0.29, 0.717) is 31.5 Å². The molecule has 8 heteroatoms. The van der Waals surface area contributed by atoms with Crippen molar-refractivity contribution < 1.29 is 17.4 Å². The fourth-order valence-electron chi connectivity index (χ4n) is 3.23. The quantitative estimate of drug-likeness (QED) is 0.758. The SMILES string of the molecule is CS(=O)(=O)OC1CCN(c2ccc(C(=O)N3CCCC3)cn2)CC1. The molecule has 2 saturated heterocycles. The van der Waals surface area contributed by atoms with Gasteiger partial charge in [-0.2, -0.15) is 8.42 Å². The van der Waals surface area contributed by atoms with Crippen molar-refractivity contribution in [1.82, 2.24) is 9.88 Å². The summed E-state index contributed by atoms with van der Waals surface area (Å²) in [5, 5.41) is 0. The Kier molecular flexibility index (Phi) is 5.05. The summed E-state index contributed by atoms with van der Waals surface area (Å²) < 4.78 is 27.4. The zero-order chi connectivity index (χ0) is 17.2. The second-order valence-corrected chi connectivity index (χ2v) is 7.99. The zero-order valence-corrected chi connectivity index (χ0v) is 14.7. The number of carbonyl (C=O) groups excluding carboxylic acids is 1. The highest BCUT2D eigenvalue weighted by Gasteiger charge is 2.24. The smallest absolute Gasteiger partial charge is 0.264 e. The van der Waals surface area contributed by atoms with Crippen LogP contribution in [0.2, 0.25) is 0 Å². The predicted octanol–water partition coefficient (Wildman–Crippen LogP) is 1.26. The number of likely N-dealkylation sites (tertiary alicyclic amines) is 1. The van der Waals surface area contributed by atoms with Crippen LogP contribution >= 0.6 is 0 Å². The van der Waals surface area contributed by atoms with E-state index in [4.69, 9.17) is 4.18 Å². The van der Waals surface area contributed by atoms with Crippen LogP contribution in [0.4, 0.5) is 5.82 Å². The number of pyridine rings is 1. The minimum absolute atomic E-state index is 0.0480. The summed E-state index contributed by atoms with van der Waals surface area (Å²) in [6, 6.07) is 3.68. The summed E-state index contributed by atoms with van der Waals surface area (Å²) in [6.45, 7) is 3.03. The van der Waals surface area contributed by atoms with Gasteiger partial charge < -0.3 is 9.80 Å². The molecule has 0 bridgehead atoms. The van der Waals surface area contributed by atoms with Gasteiger partial charge >= 0.3 is 0 Å². The molecular formula is C16H23N3O4S. The third-order valence-electron chi connectivity index (χ3n) is 4.46. The Morgan fingerprint density at radius 3 is 2.38 bits per heavy atom. The monoisotopic (exact) mass is 353 g/mol. The Hall–Kier alpha value is -1.67. The molecular weight excluding hydrogens is 330 g/mol. The molecule has 0 aliphatic carbocycles. The van der Waals surface area contributed by atoms with Gasteiger partial charge in [0.15, 0.2) is 0 Å². The zero-order valence-electron chi connectivity index (χ0n) is 13.8. The average molecular weight is 353 g/mol. The fourth-order valence-corrected chi connectivity index (χ4v) is 3.92. The molecule has 2 aliphatic rings. The fraction of sp³-hybridized carbons (Fsp3) is 0.625. The average Bonchev–Trinajstić information content (AvgIpc) is 3.08. The van der Waals surface area contributed by atoms with E-state index < -0.39 is 10.1 Å². The van der Waals surface area contributed by atoms with Crippen LogP contribution in [0.1, 0.15) is 36.0 Å². The standard InChI is InChI=1S/C16H23N3O4S/c1-24(21,22)23-14-6-10-18(11-7-14)15-5-4-13(12-17-15)16(20)19-8-2-3-9-19/h4-5,12,14H,2-3,6-11H2,1H3. The van der Waals surface area contributed by atoms with Crippen molar-refractivity contribution in [2.24, 2.45) is 0 Å². The molecule has 1 amide bonds. The molecule has 0 aromatic carbocycles. The van der Waals surface area contributed by atoms with Gasteiger partial charge in [0.1, 0.15) is 5.82 Å². The highest BCUT2D eigenvalue weighted by Crippen LogP contribution is 2.21. The van der Waals surface area contributed by atoms with Crippen molar-refractivity contribution in [2.45, 2.75) is 31.8 Å². The highest BCUT2D eigenvalue weighted by atomic mass is 32.2. The van der Waals surface area contributed by atoms with Gasteiger partial charge in [-0.05, 0) is 37.8 Å². The molecule has 1 aromatic rings. The summed E-state index contributed by atoms with van der Waals surface area (Å²) in [5.74, 6) is 0.859. The van der Waals surface area contributed by atoms with Gasteiger partial charge in [-0.1, -0.05) is 0 Å². The van der Waals surface area contributed by atoms with E-state index in [9.17, 15) is 13.2 Å². The maximum absolute atomic E-state index is 12.3. The lowest BCUT2D eigenvalue weighted by molar-refractivity contribution is 0.0792. The van der Waals surface area contributed by atoms with Crippen LogP contribution in [0.3, 0.4) is 0 Å². The van der Waals surface area contributed by atoms with Crippen LogP contribution < -0.4 is 4.90 Å². The molecule has 2 aliphatic heterocycles. The molecule has 0 saturated carbocycles. The lowest BCUT2D eigenvalue weighted by atomic mass is 10.1. The van der Waals surface area contributed by atoms with Gasteiger partial charge in [-0.3, -0.25) is 8.98 Å². The van der Waals surface area contributed by atoms with Crippen molar-refractivity contribution in [3.8, 4) is 0 Å². The van der Waals surface area contributed by atoms with E-state index in [-0.39, 0.29) is 12.0 Å². The molecule has 0 atom stereocenters. The summed E-state index contributed by atoms with van der Waals surface area (Å²) >= 11 is 0. The molecule has 1 aromatic heterocycles. The first-order chi connectivity index (χ1) is 11.4. The Morgan fingerprint density at radius 1 is 1.17 bits per heavy atom. The van der Waals surface area contributed by atoms with Crippen LogP contribution in [0, 0.1) is 0 Å². The number of amides is 1. The number of aromatic nitrogens is 1. The molecule has 7 nitrogen and oxygen atoms in total. The topological polar surface area (TPSA) is 79.8 Å². The minimum atomic E-state index is -3.41. The molecule has 2 fully saturated rings. The van der Waals surface area contributed by atoms with Crippen molar-refractivity contribution in [3.05, 3.63) is 23.9 Å². The van der Waals surface area contributed by atoms with Gasteiger partial charge in [-0.15, -0.1) is 0 Å². The first-order valence-corrected chi connectivity index (χ1v) is 10.1. The van der Waals surface area contributed by atoms with Crippen LogP contribution in [-0.2, 0) is 14.3 Å². The molecule has 3 rings (SSSR count). The normalized spacial score (nSPS) is 19.7. The van der Waals surface area contributed by atoms with E-state index >= 15 is 0 Å². The number of anilines is 1. The van der Waals surface area contributed by atoms with Crippen molar-refractivity contribution in [3.63, 3.8) is 0 Å². The number of hydrogen-bond donors (Lipinski definition) is 0. The van der Waals surface area contributed by atoms with Crippen molar-refractivity contribution in [1.29, 1.82) is 0 Å². The first kappa shape index (κ1) is 17.2. The number of carbonyl (C=O) groups is 1. The molecule has 0 unspecified atom stereocenters. The van der Waals surface area contributed by atoms with Crippen LogP contribution in [0.15, 0.2) is 18.3 Å². The second kappa shape index (κ2) is 7.06. The summed E-state index contributed by atoms with van der Waals surface area (Å²) in [5.41, 5.74) is 0.621. The maximum Gasteiger partial charge on any atom is 0.264 e. The maximum atomic E-state index is 12.3. The third kappa shape index (κ3) is 4.24. The van der Waals surface area contributed by atoms with E-state index in [0.717, 1.165) is 38.0 Å². The molecule has 0 N–H and O–H groups in total.